The molecule has 2 N–H and O–H groups in total. The summed E-state index contributed by atoms with van der Waals surface area (Å²) < 4.78 is 10.4. The Morgan fingerprint density at radius 3 is 2.52 bits per heavy atom. The van der Waals surface area contributed by atoms with Crippen LogP contribution < -0.4 is 10.6 Å². The van der Waals surface area contributed by atoms with Crippen molar-refractivity contribution in [2.24, 2.45) is 4.99 Å². The molecule has 1 fully saturated rings. The maximum Gasteiger partial charge on any atom is 0.223 e. The van der Waals surface area contributed by atoms with Crippen LogP contribution in [0.15, 0.2) is 33.8 Å². The molecule has 8 nitrogen and oxygen atoms in total. The molecule has 0 bridgehead atoms. The van der Waals surface area contributed by atoms with E-state index in [0.717, 1.165) is 32.8 Å². The van der Waals surface area contributed by atoms with Crippen molar-refractivity contribution in [2.45, 2.75) is 26.6 Å². The Hall–Kier alpha value is -1.72. The summed E-state index contributed by atoms with van der Waals surface area (Å²) >= 11 is 0. The van der Waals surface area contributed by atoms with Crippen molar-refractivity contribution in [3.8, 4) is 0 Å². The molecular weight excluding hydrogens is 459 g/mol. The third kappa shape index (κ3) is 6.74. The molecule has 0 amide bonds. The lowest BCUT2D eigenvalue weighted by Crippen LogP contribution is -2.37. The SMILES string of the molecule is CN=C(NCc1noc(C)n1)NCc1ccccc1CN1CCOCC1.I. The van der Waals surface area contributed by atoms with Gasteiger partial charge in [0.25, 0.3) is 0 Å². The molecule has 0 aliphatic carbocycles. The predicted molar refractivity (Wildman–Crippen MR) is 114 cm³/mol. The zero-order valence-corrected chi connectivity index (χ0v) is 18.1. The number of ether oxygens (including phenoxy) is 1. The molecule has 2 heterocycles. The Bertz CT molecular complexity index is 730. The van der Waals surface area contributed by atoms with E-state index in [9.17, 15) is 0 Å². The number of benzene rings is 1. The van der Waals surface area contributed by atoms with E-state index < -0.39 is 0 Å². The molecule has 9 heteroatoms. The normalized spacial score (nSPS) is 15.3. The van der Waals surface area contributed by atoms with E-state index in [1.165, 1.54) is 11.1 Å². The molecule has 1 aromatic heterocycles. The van der Waals surface area contributed by atoms with Crippen molar-refractivity contribution in [2.75, 3.05) is 33.4 Å². The molecule has 1 aliphatic rings. The van der Waals surface area contributed by atoms with Gasteiger partial charge >= 0.3 is 0 Å². The van der Waals surface area contributed by atoms with Gasteiger partial charge in [-0.15, -0.1) is 24.0 Å². The molecule has 1 aromatic carbocycles. The predicted octanol–water partition coefficient (Wildman–Crippen LogP) is 1.69. The minimum atomic E-state index is 0. The largest absolute Gasteiger partial charge is 0.379 e. The highest BCUT2D eigenvalue weighted by Crippen LogP contribution is 2.13. The van der Waals surface area contributed by atoms with E-state index in [2.05, 4.69) is 54.9 Å². The quantitative estimate of drug-likeness (QED) is 0.365. The van der Waals surface area contributed by atoms with E-state index in [1.54, 1.807) is 14.0 Å². The average molecular weight is 486 g/mol. The van der Waals surface area contributed by atoms with Crippen LogP contribution in [0.2, 0.25) is 0 Å². The smallest absolute Gasteiger partial charge is 0.223 e. The van der Waals surface area contributed by atoms with Gasteiger partial charge in [0.15, 0.2) is 11.8 Å². The van der Waals surface area contributed by atoms with Crippen LogP contribution >= 0.6 is 24.0 Å². The number of hydrogen-bond donors (Lipinski definition) is 2. The molecule has 0 atom stereocenters. The lowest BCUT2D eigenvalue weighted by molar-refractivity contribution is 0.0341. The highest BCUT2D eigenvalue weighted by atomic mass is 127. The van der Waals surface area contributed by atoms with E-state index in [4.69, 9.17) is 9.26 Å². The van der Waals surface area contributed by atoms with Crippen LogP contribution in [0.4, 0.5) is 0 Å². The van der Waals surface area contributed by atoms with Gasteiger partial charge < -0.3 is 19.9 Å². The highest BCUT2D eigenvalue weighted by molar-refractivity contribution is 14.0. The molecule has 1 aliphatic heterocycles. The van der Waals surface area contributed by atoms with Crippen LogP contribution in [-0.2, 0) is 24.4 Å². The van der Waals surface area contributed by atoms with Crippen molar-refractivity contribution < 1.29 is 9.26 Å². The Labute approximate surface area is 176 Å². The summed E-state index contributed by atoms with van der Waals surface area (Å²) in [5.41, 5.74) is 2.59. The van der Waals surface area contributed by atoms with Crippen LogP contribution in [0.5, 0.6) is 0 Å². The van der Waals surface area contributed by atoms with Crippen LogP contribution in [0.25, 0.3) is 0 Å². The molecule has 27 heavy (non-hydrogen) atoms. The summed E-state index contributed by atoms with van der Waals surface area (Å²) in [6.45, 7) is 7.46. The summed E-state index contributed by atoms with van der Waals surface area (Å²) in [5, 5.41) is 10.4. The molecule has 0 unspecified atom stereocenters. The summed E-state index contributed by atoms with van der Waals surface area (Å²) in [5.74, 6) is 1.87. The minimum absolute atomic E-state index is 0. The van der Waals surface area contributed by atoms with E-state index in [1.807, 2.05) is 0 Å². The number of rotatable bonds is 6. The first kappa shape index (κ1) is 21.6. The topological polar surface area (TPSA) is 87.8 Å². The molecule has 2 aromatic rings. The fourth-order valence-corrected chi connectivity index (χ4v) is 2.86. The summed E-state index contributed by atoms with van der Waals surface area (Å²) in [4.78, 5) is 10.9. The fraction of sp³-hybridized carbons (Fsp3) is 0.500. The lowest BCUT2D eigenvalue weighted by atomic mass is 10.1. The standard InChI is InChI=1S/C18H26N6O2.HI/c1-14-22-17(23-26-14)12-21-18(19-2)20-11-15-5-3-4-6-16(15)13-24-7-9-25-10-8-24;/h3-6H,7-13H2,1-2H3,(H2,19,20,21);1H. The molecule has 0 saturated carbocycles. The Balaban J connectivity index is 0.00000261. The Morgan fingerprint density at radius 1 is 1.15 bits per heavy atom. The van der Waals surface area contributed by atoms with Crippen molar-refractivity contribution in [1.82, 2.24) is 25.7 Å². The van der Waals surface area contributed by atoms with Gasteiger partial charge in [-0.1, -0.05) is 29.4 Å². The number of hydrogen-bond acceptors (Lipinski definition) is 6. The maximum absolute atomic E-state index is 5.43. The monoisotopic (exact) mass is 486 g/mol. The lowest BCUT2D eigenvalue weighted by Gasteiger charge is -2.27. The third-order valence-electron chi connectivity index (χ3n) is 4.27. The van der Waals surface area contributed by atoms with Crippen molar-refractivity contribution in [3.63, 3.8) is 0 Å². The Kier molecular flexibility index (Phi) is 8.95. The zero-order valence-electron chi connectivity index (χ0n) is 15.8. The number of morpholine rings is 1. The zero-order chi connectivity index (χ0) is 18.2. The van der Waals surface area contributed by atoms with Gasteiger partial charge in [-0.05, 0) is 11.1 Å². The summed E-state index contributed by atoms with van der Waals surface area (Å²) in [6, 6.07) is 8.49. The van der Waals surface area contributed by atoms with Gasteiger partial charge in [0, 0.05) is 40.2 Å². The van der Waals surface area contributed by atoms with Gasteiger partial charge in [-0.25, -0.2) is 0 Å². The van der Waals surface area contributed by atoms with Crippen molar-refractivity contribution in [1.29, 1.82) is 0 Å². The van der Waals surface area contributed by atoms with Gasteiger partial charge in [-0.3, -0.25) is 9.89 Å². The fourth-order valence-electron chi connectivity index (χ4n) is 2.86. The molecule has 1 saturated heterocycles. The van der Waals surface area contributed by atoms with Crippen molar-refractivity contribution in [3.05, 3.63) is 47.1 Å². The summed E-state index contributed by atoms with van der Waals surface area (Å²) in [6.07, 6.45) is 0. The maximum atomic E-state index is 5.43. The number of guanidine groups is 1. The Morgan fingerprint density at radius 2 is 1.85 bits per heavy atom. The number of aromatic nitrogens is 2. The van der Waals surface area contributed by atoms with Gasteiger partial charge in [0.1, 0.15) is 0 Å². The van der Waals surface area contributed by atoms with Crippen molar-refractivity contribution >= 4 is 29.9 Å². The van der Waals surface area contributed by atoms with Crippen LogP contribution in [-0.4, -0.2) is 54.4 Å². The van der Waals surface area contributed by atoms with E-state index in [-0.39, 0.29) is 24.0 Å². The van der Waals surface area contributed by atoms with Crippen LogP contribution in [0.3, 0.4) is 0 Å². The summed E-state index contributed by atoms with van der Waals surface area (Å²) in [7, 11) is 1.75. The number of aliphatic imine (C=N–C) groups is 1. The third-order valence-corrected chi connectivity index (χ3v) is 4.27. The van der Waals surface area contributed by atoms with Gasteiger partial charge in [-0.2, -0.15) is 4.98 Å². The molecule has 0 spiro atoms. The molecule has 148 valence electrons. The molecule has 3 rings (SSSR count). The van der Waals surface area contributed by atoms with Crippen LogP contribution in [0.1, 0.15) is 22.8 Å². The number of nitrogens with one attached hydrogen (secondary N) is 2. The first-order chi connectivity index (χ1) is 12.7. The first-order valence-electron chi connectivity index (χ1n) is 8.85. The minimum Gasteiger partial charge on any atom is -0.379 e. The number of nitrogens with zero attached hydrogens (tertiary/aromatic N) is 4. The average Bonchev–Trinajstić information content (AvgIpc) is 3.09. The van der Waals surface area contributed by atoms with Gasteiger partial charge in [0.2, 0.25) is 5.89 Å². The second kappa shape index (κ2) is 11.2. The molecular formula is C18H27IN6O2. The first-order valence-corrected chi connectivity index (χ1v) is 8.85. The highest BCUT2D eigenvalue weighted by Gasteiger charge is 2.13. The number of halogens is 1. The molecule has 0 radical (unpaired) electrons. The van der Waals surface area contributed by atoms with E-state index >= 15 is 0 Å². The second-order valence-corrected chi connectivity index (χ2v) is 6.17. The second-order valence-electron chi connectivity index (χ2n) is 6.17. The number of aryl methyl sites for hydroxylation is 1. The van der Waals surface area contributed by atoms with Gasteiger partial charge in [0.05, 0.1) is 19.8 Å². The van der Waals surface area contributed by atoms with Crippen LogP contribution in [0, 0.1) is 6.92 Å². The van der Waals surface area contributed by atoms with E-state index in [0.29, 0.717) is 30.8 Å².